The minimum absolute atomic E-state index is 0.112. The number of fused-ring (bicyclic) bond motifs is 1. The van der Waals surface area contributed by atoms with Crippen LogP contribution in [0, 0.1) is 11.3 Å². The molecule has 2 rings (SSSR count). The summed E-state index contributed by atoms with van der Waals surface area (Å²) in [7, 11) is 0. The number of nitriles is 1. The summed E-state index contributed by atoms with van der Waals surface area (Å²) in [5.74, 6) is -0.112. The van der Waals surface area contributed by atoms with Gasteiger partial charge >= 0.3 is 0 Å². The molecule has 3 heteroatoms. The minimum atomic E-state index is -0.864. The van der Waals surface area contributed by atoms with Gasteiger partial charge in [-0.05, 0) is 23.6 Å². The van der Waals surface area contributed by atoms with Crippen LogP contribution in [0.2, 0.25) is 0 Å². The first-order valence-electron chi connectivity index (χ1n) is 5.64. The van der Waals surface area contributed by atoms with E-state index in [4.69, 9.17) is 0 Å². The molecule has 0 radical (unpaired) electrons. The number of hydrogen-bond donors (Lipinski definition) is 0. The lowest BCUT2D eigenvalue weighted by Crippen LogP contribution is -2.46. The minimum Gasteiger partial charge on any atom is -0.296 e. The van der Waals surface area contributed by atoms with E-state index in [1.54, 1.807) is 6.20 Å². The van der Waals surface area contributed by atoms with Crippen LogP contribution in [0.25, 0.3) is 6.08 Å². The maximum atomic E-state index is 11.7. The first-order valence-corrected chi connectivity index (χ1v) is 5.64. The van der Waals surface area contributed by atoms with Gasteiger partial charge < -0.3 is 0 Å². The SMILES string of the molecule is CCC1(C#N)c2ccccc2C=CN1C(C)=O. The van der Waals surface area contributed by atoms with Gasteiger partial charge in [-0.1, -0.05) is 31.2 Å². The second-order valence-corrected chi connectivity index (χ2v) is 4.12. The largest absolute Gasteiger partial charge is 0.296 e. The molecule has 0 bridgehead atoms. The molecule has 1 aromatic carbocycles. The van der Waals surface area contributed by atoms with Crippen molar-refractivity contribution in [2.24, 2.45) is 0 Å². The molecule has 0 aromatic heterocycles. The Hall–Kier alpha value is -2.08. The maximum Gasteiger partial charge on any atom is 0.225 e. The molecule has 0 saturated heterocycles. The summed E-state index contributed by atoms with van der Waals surface area (Å²) in [5, 5.41) is 9.53. The van der Waals surface area contributed by atoms with Gasteiger partial charge in [-0.2, -0.15) is 5.26 Å². The van der Waals surface area contributed by atoms with Crippen molar-refractivity contribution < 1.29 is 4.79 Å². The molecule has 1 aliphatic heterocycles. The van der Waals surface area contributed by atoms with Crippen molar-refractivity contribution >= 4 is 12.0 Å². The zero-order chi connectivity index (χ0) is 12.5. The third-order valence-electron chi connectivity index (χ3n) is 3.26. The third kappa shape index (κ3) is 1.53. The van der Waals surface area contributed by atoms with Crippen molar-refractivity contribution in [1.29, 1.82) is 5.26 Å². The highest BCUT2D eigenvalue weighted by molar-refractivity contribution is 5.79. The van der Waals surface area contributed by atoms with E-state index in [1.165, 1.54) is 11.8 Å². The molecule has 0 aliphatic carbocycles. The number of carbonyl (C=O) groups excluding carboxylic acids is 1. The van der Waals surface area contributed by atoms with Crippen molar-refractivity contribution in [3.63, 3.8) is 0 Å². The van der Waals surface area contributed by atoms with E-state index < -0.39 is 5.54 Å². The second kappa shape index (κ2) is 4.06. The van der Waals surface area contributed by atoms with Crippen molar-refractivity contribution in [3.05, 3.63) is 41.6 Å². The van der Waals surface area contributed by atoms with Crippen LogP contribution < -0.4 is 0 Å². The van der Waals surface area contributed by atoms with Crippen molar-refractivity contribution in [3.8, 4) is 6.07 Å². The summed E-state index contributed by atoms with van der Waals surface area (Å²) in [6.45, 7) is 3.41. The molecule has 0 fully saturated rings. The van der Waals surface area contributed by atoms with Gasteiger partial charge in [0, 0.05) is 13.1 Å². The lowest BCUT2D eigenvalue weighted by molar-refractivity contribution is -0.130. The summed E-state index contributed by atoms with van der Waals surface area (Å²) in [6, 6.07) is 10.0. The number of rotatable bonds is 1. The summed E-state index contributed by atoms with van der Waals surface area (Å²) in [5.41, 5.74) is 1.05. The smallest absolute Gasteiger partial charge is 0.225 e. The summed E-state index contributed by atoms with van der Waals surface area (Å²) in [6.07, 6.45) is 4.16. The molecule has 1 unspecified atom stereocenters. The molecule has 1 amide bonds. The van der Waals surface area contributed by atoms with Gasteiger partial charge in [0.25, 0.3) is 0 Å². The van der Waals surface area contributed by atoms with Crippen LogP contribution in [0.3, 0.4) is 0 Å². The molecule has 86 valence electrons. The highest BCUT2D eigenvalue weighted by Crippen LogP contribution is 2.38. The van der Waals surface area contributed by atoms with E-state index in [1.807, 2.05) is 37.3 Å². The predicted molar refractivity (Wildman–Crippen MR) is 65.6 cm³/mol. The fourth-order valence-electron chi connectivity index (χ4n) is 2.36. The van der Waals surface area contributed by atoms with Crippen LogP contribution >= 0.6 is 0 Å². The van der Waals surface area contributed by atoms with Crippen LogP contribution in [-0.2, 0) is 10.3 Å². The molecule has 0 N–H and O–H groups in total. The molecule has 1 aliphatic rings. The molecule has 17 heavy (non-hydrogen) atoms. The van der Waals surface area contributed by atoms with Gasteiger partial charge in [-0.25, -0.2) is 0 Å². The van der Waals surface area contributed by atoms with Gasteiger partial charge in [0.2, 0.25) is 5.91 Å². The fraction of sp³-hybridized carbons (Fsp3) is 0.286. The lowest BCUT2D eigenvalue weighted by Gasteiger charge is -2.39. The molecular formula is C14H14N2O. The molecule has 1 aromatic rings. The average molecular weight is 226 g/mol. The topological polar surface area (TPSA) is 44.1 Å². The van der Waals surface area contributed by atoms with E-state index in [-0.39, 0.29) is 5.91 Å². The summed E-state index contributed by atoms with van der Waals surface area (Å²) < 4.78 is 0. The summed E-state index contributed by atoms with van der Waals surface area (Å²) in [4.78, 5) is 13.2. The van der Waals surface area contributed by atoms with Crippen LogP contribution in [0.4, 0.5) is 0 Å². The standard InChI is InChI=1S/C14H14N2O/c1-3-14(10-15)13-7-5-4-6-12(13)8-9-16(14)11(2)17/h4-9H,3H2,1-2H3. The first-order chi connectivity index (χ1) is 8.15. The second-order valence-electron chi connectivity index (χ2n) is 4.12. The predicted octanol–water partition coefficient (Wildman–Crippen LogP) is 2.65. The van der Waals surface area contributed by atoms with Gasteiger partial charge in [0.1, 0.15) is 0 Å². The molecule has 0 spiro atoms. The summed E-state index contributed by atoms with van der Waals surface area (Å²) >= 11 is 0. The van der Waals surface area contributed by atoms with Gasteiger partial charge in [-0.15, -0.1) is 0 Å². The lowest BCUT2D eigenvalue weighted by atomic mass is 9.82. The Bertz CT molecular complexity index is 527. The number of carbonyl (C=O) groups is 1. The number of amides is 1. The van der Waals surface area contributed by atoms with E-state index in [9.17, 15) is 10.1 Å². The van der Waals surface area contributed by atoms with Crippen LogP contribution in [0.1, 0.15) is 31.4 Å². The zero-order valence-electron chi connectivity index (χ0n) is 9.97. The Morgan fingerprint density at radius 3 is 2.76 bits per heavy atom. The highest BCUT2D eigenvalue weighted by atomic mass is 16.2. The number of nitrogens with zero attached hydrogens (tertiary/aromatic N) is 2. The molecular weight excluding hydrogens is 212 g/mol. The van der Waals surface area contributed by atoms with Crippen LogP contribution in [-0.4, -0.2) is 10.8 Å². The average Bonchev–Trinajstić information content (AvgIpc) is 2.37. The Kier molecular flexibility index (Phi) is 2.72. The van der Waals surface area contributed by atoms with E-state index in [0.29, 0.717) is 6.42 Å². The molecule has 3 nitrogen and oxygen atoms in total. The molecule has 1 atom stereocenters. The fourth-order valence-corrected chi connectivity index (χ4v) is 2.36. The van der Waals surface area contributed by atoms with Crippen molar-refractivity contribution in [1.82, 2.24) is 4.90 Å². The zero-order valence-corrected chi connectivity index (χ0v) is 9.97. The first kappa shape index (κ1) is 11.4. The third-order valence-corrected chi connectivity index (χ3v) is 3.26. The van der Waals surface area contributed by atoms with Crippen molar-refractivity contribution in [2.75, 3.05) is 0 Å². The Labute approximate surface area is 101 Å². The molecule has 0 saturated carbocycles. The molecule has 1 heterocycles. The van der Waals surface area contributed by atoms with Gasteiger partial charge in [-0.3, -0.25) is 9.69 Å². The van der Waals surface area contributed by atoms with Gasteiger partial charge in [0.15, 0.2) is 5.54 Å². The maximum absolute atomic E-state index is 11.7. The Morgan fingerprint density at radius 1 is 1.47 bits per heavy atom. The van der Waals surface area contributed by atoms with E-state index in [0.717, 1.165) is 11.1 Å². The number of hydrogen-bond acceptors (Lipinski definition) is 2. The Morgan fingerprint density at radius 2 is 2.18 bits per heavy atom. The Balaban J connectivity index is 2.68. The quantitative estimate of drug-likeness (QED) is 0.738. The van der Waals surface area contributed by atoms with Crippen LogP contribution in [0.5, 0.6) is 0 Å². The highest BCUT2D eigenvalue weighted by Gasteiger charge is 2.41. The van der Waals surface area contributed by atoms with Crippen LogP contribution in [0.15, 0.2) is 30.5 Å². The van der Waals surface area contributed by atoms with E-state index >= 15 is 0 Å². The normalized spacial score (nSPS) is 21.8. The van der Waals surface area contributed by atoms with Gasteiger partial charge in [0.05, 0.1) is 6.07 Å². The van der Waals surface area contributed by atoms with E-state index in [2.05, 4.69) is 6.07 Å². The van der Waals surface area contributed by atoms with Crippen molar-refractivity contribution in [2.45, 2.75) is 25.8 Å². The number of benzene rings is 1. The monoisotopic (exact) mass is 226 g/mol.